The largest absolute Gasteiger partial charge is 0.382 e. The number of aromatic nitrogens is 4. The molecule has 1 aliphatic heterocycles. The summed E-state index contributed by atoms with van der Waals surface area (Å²) < 4.78 is 0. The normalized spacial score (nSPS) is 15.4. The maximum absolute atomic E-state index is 9.04. The van der Waals surface area contributed by atoms with Crippen LogP contribution in [0.2, 0.25) is 0 Å². The molecule has 1 aromatic carbocycles. The molecule has 0 saturated carbocycles. The molecule has 3 N–H and O–H groups in total. The van der Waals surface area contributed by atoms with Gasteiger partial charge in [-0.15, -0.1) is 0 Å². The summed E-state index contributed by atoms with van der Waals surface area (Å²) in [7, 11) is 0. The Kier molecular flexibility index (Phi) is 3.73. The Morgan fingerprint density at radius 3 is 2.88 bits per heavy atom. The molecule has 0 radical (unpaired) electrons. The average molecular weight is 335 g/mol. The van der Waals surface area contributed by atoms with Crippen LogP contribution in [-0.4, -0.2) is 33.0 Å². The summed E-state index contributed by atoms with van der Waals surface area (Å²) in [5.74, 6) is 1.89. The third-order valence-electron chi connectivity index (χ3n) is 4.65. The molecule has 1 saturated heterocycles. The van der Waals surface area contributed by atoms with Crippen molar-refractivity contribution < 1.29 is 1.43 Å². The van der Waals surface area contributed by atoms with Crippen molar-refractivity contribution in [3.63, 3.8) is 0 Å². The van der Waals surface area contributed by atoms with E-state index in [9.17, 15) is 0 Å². The van der Waals surface area contributed by atoms with E-state index in [1.165, 1.54) is 0 Å². The van der Waals surface area contributed by atoms with Gasteiger partial charge in [-0.25, -0.2) is 15.0 Å². The molecule has 128 valence electrons. The first-order valence-electron chi connectivity index (χ1n) is 8.38. The quantitative estimate of drug-likeness (QED) is 0.745. The number of imidazole rings is 1. The van der Waals surface area contributed by atoms with Gasteiger partial charge >= 0.3 is 0 Å². The predicted octanol–water partition coefficient (Wildman–Crippen LogP) is 2.90. The molecule has 7 heteroatoms. The van der Waals surface area contributed by atoms with Gasteiger partial charge in [-0.05, 0) is 37.5 Å². The van der Waals surface area contributed by atoms with E-state index in [1.54, 1.807) is 6.20 Å². The molecule has 0 amide bonds. The Bertz CT molecular complexity index is 967. The number of nitrogens with two attached hydrogens (primary N) is 1. The lowest BCUT2D eigenvalue weighted by molar-refractivity contribution is 0.485. The summed E-state index contributed by atoms with van der Waals surface area (Å²) in [4.78, 5) is 19.0. The molecule has 0 aliphatic carbocycles. The molecule has 0 bridgehead atoms. The van der Waals surface area contributed by atoms with E-state index < -0.39 is 0 Å². The highest BCUT2D eigenvalue weighted by Crippen LogP contribution is 2.27. The number of nitriles is 1. The Morgan fingerprint density at radius 1 is 1.32 bits per heavy atom. The monoisotopic (exact) mass is 335 g/mol. The van der Waals surface area contributed by atoms with Crippen molar-refractivity contribution in [2.75, 3.05) is 23.7 Å². The number of H-pyrrole nitrogens is 1. The second-order valence-corrected chi connectivity index (χ2v) is 6.46. The first kappa shape index (κ1) is 15.4. The molecular weight excluding hydrogens is 314 g/mol. The maximum atomic E-state index is 9.04. The van der Waals surface area contributed by atoms with Crippen LogP contribution in [0.3, 0.4) is 0 Å². The number of rotatable bonds is 2. The van der Waals surface area contributed by atoms with Gasteiger partial charge in [-0.3, -0.25) is 0 Å². The lowest BCUT2D eigenvalue weighted by Gasteiger charge is -2.30. The highest BCUT2D eigenvalue weighted by molar-refractivity contribution is 5.81. The van der Waals surface area contributed by atoms with Crippen molar-refractivity contribution in [2.24, 2.45) is 5.92 Å². The van der Waals surface area contributed by atoms with Crippen LogP contribution >= 0.6 is 0 Å². The zero-order valence-electron chi connectivity index (χ0n) is 14.0. The molecule has 0 spiro atoms. The van der Waals surface area contributed by atoms with E-state index in [-0.39, 0.29) is 7.34 Å². The summed E-state index contributed by atoms with van der Waals surface area (Å²) in [6.07, 6.45) is 3.39. The number of nitrogen functional groups attached to an aromatic ring is 1. The van der Waals surface area contributed by atoms with Gasteiger partial charge in [0.2, 0.25) is 0 Å². The Hall–Kier alpha value is -3.14. The van der Waals surface area contributed by atoms with Gasteiger partial charge in [0.05, 0.1) is 23.3 Å². The van der Waals surface area contributed by atoms with Crippen LogP contribution in [0.15, 0.2) is 24.4 Å². The molecule has 0 atom stereocenters. The lowest BCUT2D eigenvalue weighted by Crippen LogP contribution is -2.34. The van der Waals surface area contributed by atoms with E-state index in [0.717, 1.165) is 48.3 Å². The Morgan fingerprint density at radius 2 is 2.12 bits per heavy atom. The average Bonchev–Trinajstić information content (AvgIpc) is 3.05. The minimum atomic E-state index is 0. The summed E-state index contributed by atoms with van der Waals surface area (Å²) in [5.41, 5.74) is 9.61. The third kappa shape index (κ3) is 2.87. The van der Waals surface area contributed by atoms with E-state index >= 15 is 0 Å². The Labute approximate surface area is 147 Å². The van der Waals surface area contributed by atoms with Crippen LogP contribution in [0, 0.1) is 24.2 Å². The van der Waals surface area contributed by atoms with Crippen molar-refractivity contribution in [3.05, 3.63) is 30.0 Å². The van der Waals surface area contributed by atoms with Crippen LogP contribution < -0.4 is 10.6 Å². The van der Waals surface area contributed by atoms with Crippen LogP contribution in [0.4, 0.5) is 11.6 Å². The molecule has 7 nitrogen and oxygen atoms in total. The summed E-state index contributed by atoms with van der Waals surface area (Å²) in [5, 5.41) is 9.04. The molecule has 1 aliphatic rings. The van der Waals surface area contributed by atoms with Crippen LogP contribution in [0.1, 0.15) is 19.8 Å². The van der Waals surface area contributed by atoms with E-state index in [2.05, 4.69) is 25.9 Å². The molecule has 3 aromatic rings. The molecule has 4 rings (SSSR count). The zero-order chi connectivity index (χ0) is 17.4. The van der Waals surface area contributed by atoms with Gasteiger partial charge in [-0.1, -0.05) is 6.07 Å². The number of nitrogens with one attached hydrogen (secondary N) is 1. The molecule has 2 aromatic heterocycles. The highest BCUT2D eigenvalue weighted by atomic mass is 15.2. The van der Waals surface area contributed by atoms with Crippen LogP contribution in [-0.2, 0) is 0 Å². The van der Waals surface area contributed by atoms with Gasteiger partial charge < -0.3 is 15.6 Å². The van der Waals surface area contributed by atoms with Gasteiger partial charge in [0.15, 0.2) is 17.3 Å². The standard InChI is InChI=1S/C18H19N7.H2/c1-11-2-3-13-14(8-11)23-18(22-13)16-17(20)21-10-15(24-16)25-6-4-12(9-19)5-7-25;/h2-3,8,10,12H,4-7H2,1H3,(H2,20,21)(H,22,23);1H. The summed E-state index contributed by atoms with van der Waals surface area (Å²) in [6, 6.07) is 8.39. The highest BCUT2D eigenvalue weighted by Gasteiger charge is 2.21. The van der Waals surface area contributed by atoms with Crippen molar-refractivity contribution in [3.8, 4) is 17.6 Å². The van der Waals surface area contributed by atoms with Gasteiger partial charge in [0.25, 0.3) is 0 Å². The first-order chi connectivity index (χ1) is 12.1. The second kappa shape index (κ2) is 6.06. The number of aryl methyl sites for hydroxylation is 1. The molecule has 1 fully saturated rings. The van der Waals surface area contributed by atoms with Gasteiger partial charge in [0.1, 0.15) is 5.82 Å². The molecule has 25 heavy (non-hydrogen) atoms. The van der Waals surface area contributed by atoms with E-state index in [0.29, 0.717) is 17.3 Å². The fourth-order valence-corrected chi connectivity index (χ4v) is 3.19. The smallest absolute Gasteiger partial charge is 0.161 e. The predicted molar refractivity (Wildman–Crippen MR) is 98.9 cm³/mol. The van der Waals surface area contributed by atoms with Crippen molar-refractivity contribution in [2.45, 2.75) is 19.8 Å². The van der Waals surface area contributed by atoms with Crippen molar-refractivity contribution in [1.82, 2.24) is 19.9 Å². The molecule has 3 heterocycles. The van der Waals surface area contributed by atoms with Gasteiger partial charge in [0, 0.05) is 20.4 Å². The Balaban J connectivity index is 0.00000196. The number of anilines is 2. The molecule has 0 unspecified atom stereocenters. The first-order valence-corrected chi connectivity index (χ1v) is 8.38. The minimum absolute atomic E-state index is 0. The minimum Gasteiger partial charge on any atom is -0.382 e. The maximum Gasteiger partial charge on any atom is 0.161 e. The zero-order valence-corrected chi connectivity index (χ0v) is 14.0. The number of fused-ring (bicyclic) bond motifs is 1. The number of piperidine rings is 1. The number of benzene rings is 1. The van der Waals surface area contributed by atoms with Crippen molar-refractivity contribution >= 4 is 22.7 Å². The van der Waals surface area contributed by atoms with Crippen LogP contribution in [0.25, 0.3) is 22.6 Å². The number of hydrogen-bond acceptors (Lipinski definition) is 6. The number of aromatic amines is 1. The SMILES string of the molecule is Cc1ccc2nc(-c3nc(N4CCC(C#N)CC4)cnc3N)[nH]c2c1.[HH]. The fourth-order valence-electron chi connectivity index (χ4n) is 3.19. The van der Waals surface area contributed by atoms with Gasteiger partial charge in [-0.2, -0.15) is 5.26 Å². The summed E-state index contributed by atoms with van der Waals surface area (Å²) in [6.45, 7) is 3.64. The number of hydrogen-bond donors (Lipinski definition) is 2. The second-order valence-electron chi connectivity index (χ2n) is 6.46. The van der Waals surface area contributed by atoms with E-state index in [1.807, 2.05) is 25.1 Å². The third-order valence-corrected chi connectivity index (χ3v) is 4.65. The van der Waals surface area contributed by atoms with E-state index in [4.69, 9.17) is 16.0 Å². The summed E-state index contributed by atoms with van der Waals surface area (Å²) >= 11 is 0. The lowest BCUT2D eigenvalue weighted by atomic mass is 9.99. The van der Waals surface area contributed by atoms with Crippen molar-refractivity contribution in [1.29, 1.82) is 5.26 Å². The topological polar surface area (TPSA) is 108 Å². The molecular formula is C18H21N7. The van der Waals surface area contributed by atoms with Crippen LogP contribution in [0.5, 0.6) is 0 Å². The number of nitrogens with zero attached hydrogens (tertiary/aromatic N) is 5. The fraction of sp³-hybridized carbons (Fsp3) is 0.333.